The maximum atomic E-state index is 6.85. The van der Waals surface area contributed by atoms with Crippen LogP contribution >= 0.6 is 0 Å². The van der Waals surface area contributed by atoms with E-state index in [0.717, 1.165) is 12.8 Å². The maximum absolute atomic E-state index is 6.85. The molecule has 0 aliphatic carbocycles. The van der Waals surface area contributed by atoms with E-state index in [1.807, 2.05) is 0 Å². The Bertz CT molecular complexity index is 74.8. The van der Waals surface area contributed by atoms with Crippen molar-refractivity contribution in [1.29, 1.82) is 5.41 Å². The molecule has 0 rings (SSSR count). The minimum atomic E-state index is 0.328. The van der Waals surface area contributed by atoms with Crippen molar-refractivity contribution in [2.24, 2.45) is 0 Å². The van der Waals surface area contributed by atoms with E-state index in [4.69, 9.17) is 10.1 Å². The summed E-state index contributed by atoms with van der Waals surface area (Å²) in [6, 6.07) is 0. The van der Waals surface area contributed by atoms with Gasteiger partial charge in [0.2, 0.25) is 0 Å². The Kier molecular flexibility index (Phi) is 5.57. The van der Waals surface area contributed by atoms with Gasteiger partial charge in [-0.25, -0.2) is 0 Å². The van der Waals surface area contributed by atoms with Gasteiger partial charge in [0, 0.05) is 0 Å². The van der Waals surface area contributed by atoms with Crippen molar-refractivity contribution in [2.75, 3.05) is 6.61 Å². The van der Waals surface area contributed by atoms with E-state index < -0.39 is 0 Å². The molecule has 0 fully saturated rings. The van der Waals surface area contributed by atoms with Crippen LogP contribution in [0.5, 0.6) is 0 Å². The molecule has 0 unspecified atom stereocenters. The molecule has 3 heteroatoms. The second-order valence-electron chi connectivity index (χ2n) is 1.49. The molecule has 47 valence electrons. The zero-order valence-corrected chi connectivity index (χ0v) is 7.27. The summed E-state index contributed by atoms with van der Waals surface area (Å²) in [5, 5.41) is 6.85. The first-order chi connectivity index (χ1) is 3.77. The van der Waals surface area contributed by atoms with Crippen LogP contribution in [0.1, 0.15) is 19.8 Å². The predicted octanol–water partition coefficient (Wildman–Crippen LogP) is 0.906. The molecule has 0 atom stereocenters. The number of rotatable bonds is 3. The summed E-state index contributed by atoms with van der Waals surface area (Å²) >= 11 is 1.58. The van der Waals surface area contributed by atoms with Gasteiger partial charge in [0.15, 0.2) is 0 Å². The van der Waals surface area contributed by atoms with Crippen LogP contribution in [-0.4, -0.2) is 32.8 Å². The first-order valence-corrected chi connectivity index (χ1v) is 3.82. The molecule has 1 radical (unpaired) electrons. The van der Waals surface area contributed by atoms with Gasteiger partial charge in [-0.15, -0.1) is 0 Å². The number of ether oxygens (including phenoxy) is 1. The summed E-state index contributed by atoms with van der Waals surface area (Å²) in [5.41, 5.74) is 0. The van der Waals surface area contributed by atoms with Gasteiger partial charge >= 0.3 is 62.8 Å². The molecule has 0 aromatic heterocycles. The van der Waals surface area contributed by atoms with Crippen molar-refractivity contribution in [1.82, 2.24) is 0 Å². The number of unbranched alkanes of at least 4 members (excludes halogenated alkanes) is 1. The van der Waals surface area contributed by atoms with Crippen molar-refractivity contribution >= 4 is 26.2 Å². The summed E-state index contributed by atoms with van der Waals surface area (Å²) in [7, 11) is 0. The van der Waals surface area contributed by atoms with E-state index >= 15 is 0 Å². The Hall–Kier alpha value is 0.260. The SMILES string of the molecule is CCCCOC(=N)[Te]. The second-order valence-corrected chi connectivity index (χ2v) is 2.55. The van der Waals surface area contributed by atoms with Crippen LogP contribution in [0.4, 0.5) is 0 Å². The van der Waals surface area contributed by atoms with E-state index in [1.165, 1.54) is 0 Å². The molecule has 0 spiro atoms. The Morgan fingerprint density at radius 1 is 1.75 bits per heavy atom. The van der Waals surface area contributed by atoms with E-state index in [2.05, 4.69) is 6.92 Å². The van der Waals surface area contributed by atoms with Gasteiger partial charge in [0.05, 0.1) is 0 Å². The number of hydrogen-bond donors (Lipinski definition) is 1. The van der Waals surface area contributed by atoms with Gasteiger partial charge in [0.25, 0.3) is 0 Å². The molecule has 0 aromatic carbocycles. The average Bonchev–Trinajstić information content (AvgIpc) is 1.66. The fourth-order valence-corrected chi connectivity index (χ4v) is 0.547. The first-order valence-electron chi connectivity index (χ1n) is 2.65. The van der Waals surface area contributed by atoms with Crippen LogP contribution in [0.3, 0.4) is 0 Å². The molecule has 0 aliphatic heterocycles. The third-order valence-electron chi connectivity index (χ3n) is 0.731. The average molecular weight is 228 g/mol. The molecule has 0 bridgehead atoms. The Labute approximate surface area is 63.0 Å². The number of hydrogen-bond acceptors (Lipinski definition) is 2. The van der Waals surface area contributed by atoms with Crippen molar-refractivity contribution < 1.29 is 4.74 Å². The molecule has 0 aliphatic rings. The summed E-state index contributed by atoms with van der Waals surface area (Å²) in [4.78, 5) is 0. The quantitative estimate of drug-likeness (QED) is 0.331. The topological polar surface area (TPSA) is 33.1 Å². The summed E-state index contributed by atoms with van der Waals surface area (Å²) in [5.74, 6) is 0. The van der Waals surface area contributed by atoms with Crippen molar-refractivity contribution in [3.63, 3.8) is 0 Å². The van der Waals surface area contributed by atoms with E-state index in [0.29, 0.717) is 10.6 Å². The minimum absolute atomic E-state index is 0.328. The number of nitrogens with one attached hydrogen (secondary N) is 1. The molecule has 0 saturated heterocycles. The van der Waals surface area contributed by atoms with Crippen LogP contribution in [0, 0.1) is 5.41 Å². The first kappa shape index (κ1) is 8.26. The van der Waals surface area contributed by atoms with Crippen LogP contribution < -0.4 is 0 Å². The van der Waals surface area contributed by atoms with Gasteiger partial charge in [-0.05, 0) is 0 Å². The Balaban J connectivity index is 2.82. The molecule has 8 heavy (non-hydrogen) atoms. The summed E-state index contributed by atoms with van der Waals surface area (Å²) in [6.07, 6.45) is 2.19. The molecule has 0 aromatic rings. The van der Waals surface area contributed by atoms with E-state index in [-0.39, 0.29) is 0 Å². The molecular formula is C5H10NOTe. The molecule has 0 heterocycles. The fourth-order valence-electron chi connectivity index (χ4n) is 0.309. The molecule has 0 saturated carbocycles. The van der Waals surface area contributed by atoms with E-state index in [9.17, 15) is 0 Å². The van der Waals surface area contributed by atoms with Gasteiger partial charge in [0.1, 0.15) is 0 Å². The van der Waals surface area contributed by atoms with Gasteiger partial charge in [-0.3, -0.25) is 0 Å². The Morgan fingerprint density at radius 2 is 2.38 bits per heavy atom. The van der Waals surface area contributed by atoms with Gasteiger partial charge < -0.3 is 0 Å². The summed E-state index contributed by atoms with van der Waals surface area (Å²) < 4.78 is 5.20. The Morgan fingerprint density at radius 3 is 2.75 bits per heavy atom. The van der Waals surface area contributed by atoms with Crippen LogP contribution in [0.25, 0.3) is 0 Å². The fraction of sp³-hybridized carbons (Fsp3) is 0.800. The van der Waals surface area contributed by atoms with E-state index in [1.54, 1.807) is 22.3 Å². The van der Waals surface area contributed by atoms with Crippen LogP contribution in [-0.2, 0) is 4.74 Å². The van der Waals surface area contributed by atoms with Gasteiger partial charge in [-0.1, -0.05) is 0 Å². The third kappa shape index (κ3) is 6.26. The standard InChI is InChI=1S/C5H10NOTe/c1-2-3-4-7-5(6)8/h6H,2-4H2,1H3. The molecule has 1 N–H and O–H groups in total. The second kappa shape index (κ2) is 5.40. The van der Waals surface area contributed by atoms with Gasteiger partial charge in [-0.2, -0.15) is 0 Å². The zero-order chi connectivity index (χ0) is 6.41. The monoisotopic (exact) mass is 230 g/mol. The normalized spacial score (nSPS) is 8.62. The predicted molar refractivity (Wildman–Crippen MR) is 34.3 cm³/mol. The zero-order valence-electron chi connectivity index (χ0n) is 4.94. The van der Waals surface area contributed by atoms with Crippen molar-refractivity contribution in [3.05, 3.63) is 0 Å². The molecule has 0 amide bonds. The van der Waals surface area contributed by atoms with Crippen LogP contribution in [0.2, 0.25) is 0 Å². The molecule has 2 nitrogen and oxygen atoms in total. The summed E-state index contributed by atoms with van der Waals surface area (Å²) in [6.45, 7) is 2.80. The molecular weight excluding hydrogens is 218 g/mol. The third-order valence-corrected chi connectivity index (χ3v) is 1.07. The van der Waals surface area contributed by atoms with Crippen molar-refractivity contribution in [2.45, 2.75) is 19.8 Å². The van der Waals surface area contributed by atoms with Crippen molar-refractivity contribution in [3.8, 4) is 0 Å². The van der Waals surface area contributed by atoms with Crippen LogP contribution in [0.15, 0.2) is 0 Å².